The number of hydrogen-bond donors (Lipinski definition) is 1. The monoisotopic (exact) mass is 345 g/mol. The Morgan fingerprint density at radius 2 is 1.94 bits per heavy atom. The molecule has 1 aromatic rings. The van der Waals surface area contributed by atoms with Crippen LogP contribution in [0.3, 0.4) is 0 Å². The second-order valence-electron chi connectivity index (χ2n) is 6.06. The number of halogens is 1. The number of rotatable bonds is 3. The Labute approximate surface area is 117 Å². The van der Waals surface area contributed by atoms with Gasteiger partial charge in [0.2, 0.25) is 0 Å². The van der Waals surface area contributed by atoms with Crippen LogP contribution < -0.4 is 5.73 Å². The van der Waals surface area contributed by atoms with Gasteiger partial charge in [-0.3, -0.25) is 0 Å². The van der Waals surface area contributed by atoms with Crippen molar-refractivity contribution >= 4 is 28.4 Å². The van der Waals surface area contributed by atoms with Crippen LogP contribution in [0, 0.1) is 8.99 Å². The van der Waals surface area contributed by atoms with Gasteiger partial charge in [0.05, 0.1) is 9.26 Å². The molecule has 2 rings (SSSR count). The molecule has 17 heavy (non-hydrogen) atoms. The predicted octanol–water partition coefficient (Wildman–Crippen LogP) is 3.52. The Hall–Kier alpha value is -0.390. The van der Waals surface area contributed by atoms with E-state index in [4.69, 9.17) is 10.7 Å². The van der Waals surface area contributed by atoms with Crippen LogP contribution in [0.2, 0.25) is 0 Å². The third-order valence-corrected chi connectivity index (χ3v) is 4.12. The molecule has 94 valence electrons. The van der Waals surface area contributed by atoms with E-state index in [0.717, 1.165) is 22.2 Å². The number of nitrogens with zero attached hydrogens (tertiary/aromatic N) is 2. The van der Waals surface area contributed by atoms with E-state index in [1.54, 1.807) is 0 Å². The molecule has 0 unspecified atom stereocenters. The molecule has 0 atom stereocenters. The van der Waals surface area contributed by atoms with Crippen LogP contribution in [0.25, 0.3) is 0 Å². The minimum atomic E-state index is 0.320. The Morgan fingerprint density at radius 3 is 2.47 bits per heavy atom. The lowest BCUT2D eigenvalue weighted by atomic mass is 9.90. The van der Waals surface area contributed by atoms with Crippen molar-refractivity contribution in [2.45, 2.75) is 52.4 Å². The maximum atomic E-state index is 5.97. The van der Waals surface area contributed by atoms with Gasteiger partial charge in [0.1, 0.15) is 11.6 Å². The number of aromatic nitrogens is 2. The van der Waals surface area contributed by atoms with Gasteiger partial charge in [-0.1, -0.05) is 20.8 Å². The molecule has 1 saturated carbocycles. The summed E-state index contributed by atoms with van der Waals surface area (Å²) in [5.41, 5.74) is 7.47. The standard InChI is InChI=1S/C13H20IN3/c1-13(2,3)7-6-9-16-11(8-4-5-8)10(14)12(15)17-9/h8H,4-7H2,1-3H3,(H2,15,16,17). The molecule has 3 nitrogen and oxygen atoms in total. The van der Waals surface area contributed by atoms with E-state index in [-0.39, 0.29) is 0 Å². The lowest BCUT2D eigenvalue weighted by Crippen LogP contribution is -2.11. The van der Waals surface area contributed by atoms with Gasteiger partial charge < -0.3 is 5.73 Å². The highest BCUT2D eigenvalue weighted by Gasteiger charge is 2.29. The zero-order chi connectivity index (χ0) is 12.6. The van der Waals surface area contributed by atoms with Crippen LogP contribution in [-0.2, 0) is 6.42 Å². The molecule has 1 aliphatic rings. The Balaban J connectivity index is 2.17. The van der Waals surface area contributed by atoms with Gasteiger partial charge in [0, 0.05) is 12.3 Å². The first-order valence-corrected chi connectivity index (χ1v) is 7.26. The molecule has 0 saturated heterocycles. The van der Waals surface area contributed by atoms with Crippen molar-refractivity contribution in [1.29, 1.82) is 0 Å². The largest absolute Gasteiger partial charge is 0.383 e. The second-order valence-corrected chi connectivity index (χ2v) is 7.14. The maximum absolute atomic E-state index is 5.97. The van der Waals surface area contributed by atoms with Gasteiger partial charge in [-0.2, -0.15) is 0 Å². The van der Waals surface area contributed by atoms with E-state index in [2.05, 4.69) is 48.3 Å². The molecule has 1 aromatic heterocycles. The van der Waals surface area contributed by atoms with E-state index in [0.29, 0.717) is 17.2 Å². The fraction of sp³-hybridized carbons (Fsp3) is 0.692. The molecule has 0 bridgehead atoms. The Kier molecular flexibility index (Phi) is 3.61. The van der Waals surface area contributed by atoms with Gasteiger partial charge in [0.25, 0.3) is 0 Å². The SMILES string of the molecule is CC(C)(C)CCc1nc(N)c(I)c(C2CC2)n1. The third kappa shape index (κ3) is 3.53. The van der Waals surface area contributed by atoms with Crippen LogP contribution in [-0.4, -0.2) is 9.97 Å². The summed E-state index contributed by atoms with van der Waals surface area (Å²) in [5.74, 6) is 2.21. The van der Waals surface area contributed by atoms with E-state index in [9.17, 15) is 0 Å². The van der Waals surface area contributed by atoms with Crippen molar-refractivity contribution in [3.63, 3.8) is 0 Å². The summed E-state index contributed by atoms with van der Waals surface area (Å²) in [5, 5.41) is 0. The van der Waals surface area contributed by atoms with Gasteiger partial charge in [-0.25, -0.2) is 9.97 Å². The first-order valence-electron chi connectivity index (χ1n) is 6.18. The first kappa shape index (κ1) is 13.1. The number of aryl methyl sites for hydroxylation is 1. The third-order valence-electron chi connectivity index (χ3n) is 3.01. The van der Waals surface area contributed by atoms with Crippen molar-refractivity contribution in [3.8, 4) is 0 Å². The molecule has 0 amide bonds. The summed E-state index contributed by atoms with van der Waals surface area (Å²) in [6.45, 7) is 6.72. The molecule has 4 heteroatoms. The molecule has 2 N–H and O–H groups in total. The van der Waals surface area contributed by atoms with Gasteiger partial charge in [-0.05, 0) is 47.3 Å². The van der Waals surface area contributed by atoms with E-state index in [1.165, 1.54) is 18.5 Å². The normalized spacial score (nSPS) is 16.2. The van der Waals surface area contributed by atoms with Crippen LogP contribution in [0.5, 0.6) is 0 Å². The summed E-state index contributed by atoms with van der Waals surface area (Å²) in [7, 11) is 0. The second kappa shape index (κ2) is 4.71. The minimum Gasteiger partial charge on any atom is -0.383 e. The van der Waals surface area contributed by atoms with Gasteiger partial charge >= 0.3 is 0 Å². The van der Waals surface area contributed by atoms with Crippen molar-refractivity contribution in [1.82, 2.24) is 9.97 Å². The molecule has 0 spiro atoms. The zero-order valence-corrected chi connectivity index (χ0v) is 12.9. The molecule has 0 aliphatic heterocycles. The van der Waals surface area contributed by atoms with Gasteiger partial charge in [0.15, 0.2) is 0 Å². The molecule has 1 aliphatic carbocycles. The summed E-state index contributed by atoms with van der Waals surface area (Å²) < 4.78 is 1.06. The summed E-state index contributed by atoms with van der Waals surface area (Å²) in [6, 6.07) is 0. The topological polar surface area (TPSA) is 51.8 Å². The fourth-order valence-corrected chi connectivity index (χ4v) is 2.44. The lowest BCUT2D eigenvalue weighted by Gasteiger charge is -2.17. The highest BCUT2D eigenvalue weighted by molar-refractivity contribution is 14.1. The number of nitrogens with two attached hydrogens (primary N) is 1. The minimum absolute atomic E-state index is 0.320. The van der Waals surface area contributed by atoms with Crippen LogP contribution in [0.4, 0.5) is 5.82 Å². The van der Waals surface area contributed by atoms with Crippen molar-refractivity contribution in [2.75, 3.05) is 5.73 Å². The average molecular weight is 345 g/mol. The average Bonchev–Trinajstić information content (AvgIpc) is 3.02. The predicted molar refractivity (Wildman–Crippen MR) is 78.9 cm³/mol. The van der Waals surface area contributed by atoms with Crippen molar-refractivity contribution < 1.29 is 0 Å². The molecule has 0 radical (unpaired) electrons. The zero-order valence-electron chi connectivity index (χ0n) is 10.8. The highest BCUT2D eigenvalue weighted by Crippen LogP contribution is 2.42. The van der Waals surface area contributed by atoms with E-state index in [1.807, 2.05) is 0 Å². The molecule has 1 heterocycles. The highest BCUT2D eigenvalue weighted by atomic mass is 127. The smallest absolute Gasteiger partial charge is 0.140 e. The molecular weight excluding hydrogens is 325 g/mol. The van der Waals surface area contributed by atoms with E-state index < -0.39 is 0 Å². The van der Waals surface area contributed by atoms with E-state index >= 15 is 0 Å². The molecule has 0 aromatic carbocycles. The van der Waals surface area contributed by atoms with Crippen LogP contribution in [0.1, 0.15) is 57.5 Å². The first-order chi connectivity index (χ1) is 7.87. The lowest BCUT2D eigenvalue weighted by molar-refractivity contribution is 0.374. The van der Waals surface area contributed by atoms with Crippen molar-refractivity contribution in [3.05, 3.63) is 15.1 Å². The van der Waals surface area contributed by atoms with Crippen molar-refractivity contribution in [2.24, 2.45) is 5.41 Å². The summed E-state index contributed by atoms with van der Waals surface area (Å²) in [4.78, 5) is 9.11. The maximum Gasteiger partial charge on any atom is 0.140 e. The van der Waals surface area contributed by atoms with Crippen LogP contribution in [0.15, 0.2) is 0 Å². The summed E-state index contributed by atoms with van der Waals surface area (Å²) in [6.07, 6.45) is 4.53. The summed E-state index contributed by atoms with van der Waals surface area (Å²) >= 11 is 2.27. The Morgan fingerprint density at radius 1 is 1.29 bits per heavy atom. The molecular formula is C13H20IN3. The fourth-order valence-electron chi connectivity index (χ4n) is 1.76. The molecule has 1 fully saturated rings. The number of hydrogen-bond acceptors (Lipinski definition) is 3. The van der Waals surface area contributed by atoms with Crippen LogP contribution >= 0.6 is 22.6 Å². The number of anilines is 1. The Bertz CT molecular complexity index is 419. The quantitative estimate of drug-likeness (QED) is 0.853. The number of nitrogen functional groups attached to an aromatic ring is 1. The van der Waals surface area contributed by atoms with Gasteiger partial charge in [-0.15, -0.1) is 0 Å².